The molecule has 2 rings (SSSR count). The van der Waals surface area contributed by atoms with E-state index >= 15 is 0 Å². The van der Waals surface area contributed by atoms with Crippen molar-refractivity contribution in [1.82, 2.24) is 9.55 Å². The predicted octanol–water partition coefficient (Wildman–Crippen LogP) is -3.25. The first-order chi connectivity index (χ1) is 14.4. The fraction of sp³-hybridized carbons (Fsp3) is 0.647. The summed E-state index contributed by atoms with van der Waals surface area (Å²) in [6.45, 7) is 3.98. The van der Waals surface area contributed by atoms with Crippen molar-refractivity contribution in [2.24, 2.45) is 0 Å². The number of likely N-dealkylation sites (N-methyl/N-ethyl adjacent to an activating group) is 1. The number of nitrogens with one attached hydrogen (secondary N) is 1. The average molecular weight is 485 g/mol. The molecule has 0 radical (unpaired) electrons. The molecule has 32 heavy (non-hydrogen) atoms. The highest BCUT2D eigenvalue weighted by Gasteiger charge is 2.43. The van der Waals surface area contributed by atoms with Crippen LogP contribution in [-0.4, -0.2) is 108 Å². The van der Waals surface area contributed by atoms with Crippen molar-refractivity contribution in [3.63, 3.8) is 0 Å². The molecule has 2 heterocycles. The van der Waals surface area contributed by atoms with Gasteiger partial charge in [0.05, 0.1) is 27.7 Å². The molecule has 1 unspecified atom stereocenters. The van der Waals surface area contributed by atoms with Crippen LogP contribution >= 0.6 is 7.60 Å². The third kappa shape index (κ3) is 10.6. The van der Waals surface area contributed by atoms with Crippen LogP contribution in [0.5, 0.6) is 0 Å². The van der Waals surface area contributed by atoms with Crippen molar-refractivity contribution in [3.05, 3.63) is 40.0 Å². The fourth-order valence-electron chi connectivity index (χ4n) is 2.33. The Kier molecular flexibility index (Phi) is 11.7. The van der Waals surface area contributed by atoms with Gasteiger partial charge in [0, 0.05) is 12.3 Å². The van der Waals surface area contributed by atoms with Gasteiger partial charge in [-0.05, 0) is 12.7 Å². The van der Waals surface area contributed by atoms with Crippen molar-refractivity contribution in [2.75, 3.05) is 34.3 Å². The van der Waals surface area contributed by atoms with E-state index in [2.05, 4.69) is 6.92 Å². The summed E-state index contributed by atoms with van der Waals surface area (Å²) in [7, 11) is 0.933. The number of rotatable bonds is 5. The number of aliphatic hydroxyl groups excluding tert-OH is 4. The number of ether oxygens (including phenoxy) is 1. The highest BCUT2D eigenvalue weighted by Crippen LogP contribution is 2.39. The molecule has 7 N–H and O–H groups in total. The fourth-order valence-corrected chi connectivity index (χ4v) is 3.04. The molecular weight excluding hydrogens is 453 g/mol. The lowest BCUT2D eigenvalue weighted by Crippen LogP contribution is -2.41. The highest BCUT2D eigenvalue weighted by molar-refractivity contribution is 7.52. The zero-order valence-corrected chi connectivity index (χ0v) is 19.1. The molecule has 1 aliphatic heterocycles. The standard InChI is InChI=1S/C9H12N2O6.C5H14NO4P.C3H5O/c12-3-4-6(14)7(15)8(17-4)11-2-1-5(13)10-9(11)16;1-6(2,3)4-5(7)11(8,9)10;1-3(2)4/h1-2,4,6-8,12,14-15H,3H2,(H,10,13,16);5,7H,4H2,1-3H3,(H-,8,9,10);1H2,2H3/q;;-1/p+1/t4-,6-,7-,8-;;/m1../s1. The summed E-state index contributed by atoms with van der Waals surface area (Å²) in [4.78, 5) is 50.6. The van der Waals surface area contributed by atoms with Gasteiger partial charge in [0.1, 0.15) is 24.9 Å². The zero-order valence-electron chi connectivity index (χ0n) is 18.2. The lowest BCUT2D eigenvalue weighted by atomic mass is 10.1. The molecule has 186 valence electrons. The quantitative estimate of drug-likeness (QED) is 0.125. The maximum absolute atomic E-state index is 11.4. The number of quaternary nitrogens is 1. The summed E-state index contributed by atoms with van der Waals surface area (Å²) >= 11 is 0. The summed E-state index contributed by atoms with van der Waals surface area (Å²) < 4.78 is 16.9. The van der Waals surface area contributed by atoms with Crippen LogP contribution in [0, 0.1) is 6.92 Å². The summed E-state index contributed by atoms with van der Waals surface area (Å²) in [5.41, 5.74) is -1.33. The number of Topliss-reactive ketones (excluding diaryl/α,β-unsaturated/α-hetero) is 1. The predicted molar refractivity (Wildman–Crippen MR) is 111 cm³/mol. The van der Waals surface area contributed by atoms with Crippen LogP contribution < -0.4 is 11.2 Å². The number of nitrogens with zero attached hydrogens (tertiary/aromatic N) is 2. The number of hydrogen-bond acceptors (Lipinski definition) is 9. The number of aliphatic hydroxyl groups is 4. The first kappa shape index (κ1) is 30.1. The first-order valence-corrected chi connectivity index (χ1v) is 10.9. The molecule has 1 fully saturated rings. The Morgan fingerprint density at radius 2 is 1.78 bits per heavy atom. The van der Waals surface area contributed by atoms with E-state index in [9.17, 15) is 29.2 Å². The van der Waals surface area contributed by atoms with Crippen LogP contribution in [0.2, 0.25) is 0 Å². The third-order valence-corrected chi connectivity index (χ3v) is 4.68. The van der Waals surface area contributed by atoms with Crippen LogP contribution in [-0.2, 0) is 14.1 Å². The van der Waals surface area contributed by atoms with Gasteiger partial charge < -0.3 is 51.2 Å². The molecular formula is C17H32N3O11P. The molecule has 0 spiro atoms. The minimum absolute atomic E-state index is 0.0459. The van der Waals surface area contributed by atoms with Crippen molar-refractivity contribution >= 4 is 13.4 Å². The third-order valence-electron chi connectivity index (χ3n) is 3.74. The van der Waals surface area contributed by atoms with Crippen LogP contribution in [0.3, 0.4) is 0 Å². The molecule has 5 atom stereocenters. The molecule has 0 bridgehead atoms. The Balaban J connectivity index is 0.000000553. The minimum Gasteiger partial charge on any atom is -0.394 e. The smallest absolute Gasteiger partial charge is 0.359 e. The summed E-state index contributed by atoms with van der Waals surface area (Å²) in [6, 6.07) is 1.09. The lowest BCUT2D eigenvalue weighted by molar-refractivity contribution is -0.872. The van der Waals surface area contributed by atoms with E-state index in [0.717, 1.165) is 16.8 Å². The second kappa shape index (κ2) is 12.4. The van der Waals surface area contributed by atoms with E-state index in [4.69, 9.17) is 24.7 Å². The van der Waals surface area contributed by atoms with Gasteiger partial charge in [0.25, 0.3) is 5.56 Å². The molecule has 0 aromatic carbocycles. The lowest BCUT2D eigenvalue weighted by Gasteiger charge is -2.26. The topological polar surface area (TPSA) is 220 Å². The Labute approximate surface area is 184 Å². The summed E-state index contributed by atoms with van der Waals surface area (Å²) in [5.74, 6) is -1.64. The Bertz CT molecular complexity index is 885. The maximum atomic E-state index is 11.4. The van der Waals surface area contributed by atoms with Crippen LogP contribution in [0.25, 0.3) is 0 Å². The largest absolute Gasteiger partial charge is 0.394 e. The molecule has 1 aliphatic rings. The number of ketones is 1. The van der Waals surface area contributed by atoms with E-state index in [1.165, 1.54) is 6.92 Å². The van der Waals surface area contributed by atoms with Gasteiger partial charge >= 0.3 is 13.3 Å². The number of aromatic nitrogens is 2. The SMILES string of the molecule is C[N+](C)(C)CC(O)P(=O)(O)O.O=c1ccn([C@@H]2O[C@H](CO)[C@@H](O)[C@H]2O)c(=O)[nH]1.[CH2-]C(C)=O. The number of aromatic amines is 1. The minimum atomic E-state index is -4.31. The van der Waals surface area contributed by atoms with Crippen molar-refractivity contribution in [3.8, 4) is 0 Å². The van der Waals surface area contributed by atoms with Crippen LogP contribution in [0.15, 0.2) is 21.9 Å². The molecule has 1 aromatic rings. The van der Waals surface area contributed by atoms with E-state index < -0.39 is 55.8 Å². The van der Waals surface area contributed by atoms with Gasteiger partial charge in [-0.25, -0.2) is 4.79 Å². The molecule has 0 saturated carbocycles. The van der Waals surface area contributed by atoms with E-state index in [1.54, 1.807) is 21.1 Å². The van der Waals surface area contributed by atoms with Gasteiger partial charge in [-0.2, -0.15) is 0 Å². The van der Waals surface area contributed by atoms with Crippen LogP contribution in [0.4, 0.5) is 0 Å². The average Bonchev–Trinajstić information content (AvgIpc) is 2.88. The van der Waals surface area contributed by atoms with Crippen molar-refractivity contribution in [2.45, 2.75) is 37.3 Å². The number of carbonyl (C=O) groups is 1. The molecule has 0 aliphatic carbocycles. The number of H-pyrrole nitrogens is 1. The monoisotopic (exact) mass is 485 g/mol. The molecule has 15 heteroatoms. The van der Waals surface area contributed by atoms with Crippen molar-refractivity contribution in [1.29, 1.82) is 0 Å². The molecule has 1 aromatic heterocycles. The Morgan fingerprint density at radius 1 is 1.28 bits per heavy atom. The van der Waals surface area contributed by atoms with E-state index in [-0.39, 0.29) is 12.3 Å². The Morgan fingerprint density at radius 3 is 2.09 bits per heavy atom. The molecule has 14 nitrogen and oxygen atoms in total. The second-order valence-electron chi connectivity index (χ2n) is 7.99. The van der Waals surface area contributed by atoms with Crippen LogP contribution in [0.1, 0.15) is 13.2 Å². The van der Waals surface area contributed by atoms with Gasteiger partial charge in [0.2, 0.25) is 5.85 Å². The van der Waals surface area contributed by atoms with E-state index in [1.807, 2.05) is 4.98 Å². The van der Waals surface area contributed by atoms with Gasteiger partial charge in [0.15, 0.2) is 6.23 Å². The van der Waals surface area contributed by atoms with E-state index in [0.29, 0.717) is 4.48 Å². The zero-order chi connectivity index (χ0) is 25.4. The van der Waals surface area contributed by atoms with Gasteiger partial charge in [-0.15, -0.1) is 0 Å². The number of hydrogen-bond donors (Lipinski definition) is 7. The van der Waals surface area contributed by atoms with Crippen molar-refractivity contribution < 1.29 is 48.8 Å². The Hall–Kier alpha value is -1.87. The number of carbonyl (C=O) groups excluding carboxylic acids is 1. The second-order valence-corrected chi connectivity index (χ2v) is 9.77. The van der Waals surface area contributed by atoms with Gasteiger partial charge in [-0.1, -0.05) is 0 Å². The normalized spacial score (nSPS) is 23.9. The van der Waals surface area contributed by atoms with Gasteiger partial charge in [-0.3, -0.25) is 18.9 Å². The highest BCUT2D eigenvalue weighted by atomic mass is 31.2. The summed E-state index contributed by atoms with van der Waals surface area (Å²) in [5, 5.41) is 37.0. The first-order valence-electron chi connectivity index (χ1n) is 9.21. The molecule has 1 saturated heterocycles. The summed E-state index contributed by atoms with van der Waals surface area (Å²) in [6.07, 6.45) is -3.58. The molecule has 0 amide bonds. The maximum Gasteiger partial charge on any atom is 0.359 e.